The van der Waals surface area contributed by atoms with E-state index in [1.807, 2.05) is 34.6 Å². The largest absolute Gasteiger partial charge is 0.311 e. The van der Waals surface area contributed by atoms with Crippen LogP contribution in [0.2, 0.25) is 5.02 Å². The average Bonchev–Trinajstić information content (AvgIpc) is 2.27. The van der Waals surface area contributed by atoms with Crippen LogP contribution in [0.15, 0.2) is 29.2 Å². The molecule has 0 aliphatic carbocycles. The Morgan fingerprint density at radius 2 is 1.65 bits per heavy atom. The van der Waals surface area contributed by atoms with E-state index in [0.717, 1.165) is 0 Å². The molecule has 0 aromatic heterocycles. The van der Waals surface area contributed by atoms with Gasteiger partial charge < -0.3 is 5.32 Å². The predicted octanol–water partition coefficient (Wildman–Crippen LogP) is 3.53. The Labute approximate surface area is 127 Å². The second-order valence-corrected chi connectivity index (χ2v) is 9.02. The molecule has 0 heterocycles. The maximum atomic E-state index is 12.7. The smallest absolute Gasteiger partial charge is 0.182 e. The van der Waals surface area contributed by atoms with Gasteiger partial charge in [-0.2, -0.15) is 0 Å². The third-order valence-corrected chi connectivity index (χ3v) is 5.81. The molecule has 1 atom stereocenters. The molecule has 0 aliphatic rings. The second kappa shape index (κ2) is 6.46. The fourth-order valence-electron chi connectivity index (χ4n) is 1.91. The molecule has 0 aliphatic heterocycles. The van der Waals surface area contributed by atoms with Crippen LogP contribution in [0.3, 0.4) is 0 Å². The minimum absolute atomic E-state index is 0.0329. The molecule has 0 saturated heterocycles. The molecule has 1 aromatic rings. The third-order valence-electron chi connectivity index (χ3n) is 3.12. The van der Waals surface area contributed by atoms with Crippen LogP contribution in [0.4, 0.5) is 0 Å². The zero-order valence-corrected chi connectivity index (χ0v) is 14.3. The Kier molecular flexibility index (Phi) is 5.64. The zero-order valence-electron chi connectivity index (χ0n) is 12.8. The summed E-state index contributed by atoms with van der Waals surface area (Å²) in [6.45, 7) is 10.4. The molecule has 1 N–H and O–H groups in total. The van der Waals surface area contributed by atoms with E-state index in [1.54, 1.807) is 24.3 Å². The van der Waals surface area contributed by atoms with E-state index in [4.69, 9.17) is 11.6 Å². The summed E-state index contributed by atoms with van der Waals surface area (Å²) in [7, 11) is -3.36. The van der Waals surface area contributed by atoms with Crippen LogP contribution in [0.25, 0.3) is 0 Å². The summed E-state index contributed by atoms with van der Waals surface area (Å²) in [5.74, 6) is 0.0329. The van der Waals surface area contributed by atoms with Crippen LogP contribution >= 0.6 is 11.6 Å². The summed E-state index contributed by atoms with van der Waals surface area (Å²) in [4.78, 5) is 0.330. The predicted molar refractivity (Wildman–Crippen MR) is 85.0 cm³/mol. The van der Waals surface area contributed by atoms with Crippen molar-refractivity contribution in [3.05, 3.63) is 29.3 Å². The van der Waals surface area contributed by atoms with E-state index in [0.29, 0.717) is 16.5 Å². The van der Waals surface area contributed by atoms with E-state index >= 15 is 0 Å². The van der Waals surface area contributed by atoms with E-state index in [-0.39, 0.29) is 11.5 Å². The van der Waals surface area contributed by atoms with Gasteiger partial charge in [-0.05, 0) is 51.0 Å². The molecule has 20 heavy (non-hydrogen) atoms. The molecule has 0 saturated carbocycles. The molecular weight excluding hydrogens is 294 g/mol. The number of hydrogen-bond acceptors (Lipinski definition) is 3. The van der Waals surface area contributed by atoms with Gasteiger partial charge in [0.05, 0.1) is 10.1 Å². The van der Waals surface area contributed by atoms with Gasteiger partial charge in [-0.25, -0.2) is 8.42 Å². The van der Waals surface area contributed by atoms with Crippen molar-refractivity contribution in [2.45, 2.75) is 50.3 Å². The monoisotopic (exact) mass is 317 g/mol. The first kappa shape index (κ1) is 17.5. The summed E-state index contributed by atoms with van der Waals surface area (Å²) in [5.41, 5.74) is -0.108. The molecular formula is C15H24ClNO2S. The first-order valence-corrected chi connectivity index (χ1v) is 8.71. The van der Waals surface area contributed by atoms with Gasteiger partial charge in [-0.3, -0.25) is 0 Å². The van der Waals surface area contributed by atoms with Gasteiger partial charge in [0.1, 0.15) is 0 Å². The lowest BCUT2D eigenvalue weighted by Gasteiger charge is -2.27. The number of sulfone groups is 1. The Hall–Kier alpha value is -0.580. The second-order valence-electron chi connectivity index (χ2n) is 6.41. The lowest BCUT2D eigenvalue weighted by Crippen LogP contribution is -2.45. The van der Waals surface area contributed by atoms with Crippen LogP contribution < -0.4 is 5.32 Å². The number of hydrogen-bond donors (Lipinski definition) is 1. The summed E-state index contributed by atoms with van der Waals surface area (Å²) in [6, 6.07) is 6.38. The number of rotatable bonds is 5. The van der Waals surface area contributed by atoms with Gasteiger partial charge in [0.15, 0.2) is 9.84 Å². The Morgan fingerprint density at radius 1 is 1.15 bits per heavy atom. The van der Waals surface area contributed by atoms with Crippen molar-refractivity contribution in [2.75, 3.05) is 6.54 Å². The van der Waals surface area contributed by atoms with Crippen molar-refractivity contribution in [3.63, 3.8) is 0 Å². The van der Waals surface area contributed by atoms with Crippen molar-refractivity contribution in [2.24, 2.45) is 5.92 Å². The van der Waals surface area contributed by atoms with Crippen molar-refractivity contribution in [1.29, 1.82) is 0 Å². The molecule has 1 unspecified atom stereocenters. The summed E-state index contributed by atoms with van der Waals surface area (Å²) >= 11 is 5.82. The Balaban J connectivity index is 3.03. The maximum absolute atomic E-state index is 12.7. The molecule has 0 radical (unpaired) electrons. The van der Waals surface area contributed by atoms with E-state index in [9.17, 15) is 8.42 Å². The van der Waals surface area contributed by atoms with Crippen LogP contribution in [-0.4, -0.2) is 25.8 Å². The average molecular weight is 318 g/mol. The SMILES string of the molecule is CC(C)C(CNC(C)(C)C)S(=O)(=O)c1ccc(Cl)cc1. The van der Waals surface area contributed by atoms with Crippen LogP contribution in [-0.2, 0) is 9.84 Å². The minimum atomic E-state index is -3.36. The fraction of sp³-hybridized carbons (Fsp3) is 0.600. The van der Waals surface area contributed by atoms with Crippen molar-refractivity contribution in [3.8, 4) is 0 Å². The lowest BCUT2D eigenvalue weighted by molar-refractivity contribution is 0.400. The zero-order chi connectivity index (χ0) is 15.6. The van der Waals surface area contributed by atoms with Gasteiger partial charge in [0.25, 0.3) is 0 Å². The molecule has 114 valence electrons. The number of halogens is 1. The van der Waals surface area contributed by atoms with E-state index < -0.39 is 15.1 Å². The number of nitrogens with one attached hydrogen (secondary N) is 1. The van der Waals surface area contributed by atoms with Gasteiger partial charge >= 0.3 is 0 Å². The first-order valence-electron chi connectivity index (χ1n) is 6.78. The third kappa shape index (κ3) is 4.76. The Bertz CT molecular complexity index is 530. The fourth-order valence-corrected chi connectivity index (χ4v) is 3.92. The van der Waals surface area contributed by atoms with Crippen molar-refractivity contribution < 1.29 is 8.42 Å². The first-order chi connectivity index (χ1) is 9.04. The van der Waals surface area contributed by atoms with Gasteiger partial charge in [-0.15, -0.1) is 0 Å². The molecule has 3 nitrogen and oxygen atoms in total. The molecule has 0 amide bonds. The molecule has 0 bridgehead atoms. The molecule has 5 heteroatoms. The van der Waals surface area contributed by atoms with E-state index in [2.05, 4.69) is 5.32 Å². The summed E-state index contributed by atoms with van der Waals surface area (Å²) in [6.07, 6.45) is 0. The lowest BCUT2D eigenvalue weighted by atomic mass is 10.1. The van der Waals surface area contributed by atoms with Crippen LogP contribution in [0.5, 0.6) is 0 Å². The topological polar surface area (TPSA) is 46.2 Å². The quantitative estimate of drug-likeness (QED) is 0.903. The minimum Gasteiger partial charge on any atom is -0.311 e. The highest BCUT2D eigenvalue weighted by molar-refractivity contribution is 7.92. The normalized spacial score (nSPS) is 14.6. The van der Waals surface area contributed by atoms with Crippen LogP contribution in [0.1, 0.15) is 34.6 Å². The summed E-state index contributed by atoms with van der Waals surface area (Å²) < 4.78 is 25.4. The number of benzene rings is 1. The summed E-state index contributed by atoms with van der Waals surface area (Å²) in [5, 5.41) is 3.37. The van der Waals surface area contributed by atoms with E-state index in [1.165, 1.54) is 0 Å². The highest BCUT2D eigenvalue weighted by atomic mass is 35.5. The van der Waals surface area contributed by atoms with Gasteiger partial charge in [0, 0.05) is 17.1 Å². The molecule has 0 fully saturated rings. The maximum Gasteiger partial charge on any atom is 0.182 e. The van der Waals surface area contributed by atoms with Crippen molar-refractivity contribution >= 4 is 21.4 Å². The Morgan fingerprint density at radius 3 is 2.05 bits per heavy atom. The van der Waals surface area contributed by atoms with Crippen molar-refractivity contribution in [1.82, 2.24) is 5.32 Å². The highest BCUT2D eigenvalue weighted by Crippen LogP contribution is 2.23. The van der Waals surface area contributed by atoms with Gasteiger partial charge in [0.2, 0.25) is 0 Å². The van der Waals surface area contributed by atoms with Gasteiger partial charge in [-0.1, -0.05) is 25.4 Å². The standard InChI is InChI=1S/C15H24ClNO2S/c1-11(2)14(10-17-15(3,4)5)20(18,19)13-8-6-12(16)7-9-13/h6-9,11,14,17H,10H2,1-5H3. The van der Waals surface area contributed by atoms with Crippen LogP contribution in [0, 0.1) is 5.92 Å². The highest BCUT2D eigenvalue weighted by Gasteiger charge is 2.31. The molecule has 0 spiro atoms. The molecule has 1 aromatic carbocycles. The molecule has 1 rings (SSSR count).